The molecule has 1 amide bonds. The molecule has 114 valence electrons. The number of pyridine rings is 1. The van der Waals surface area contributed by atoms with Crippen molar-refractivity contribution in [2.24, 2.45) is 5.73 Å². The molecule has 2 N–H and O–H groups in total. The van der Waals surface area contributed by atoms with Gasteiger partial charge >= 0.3 is 0 Å². The lowest BCUT2D eigenvalue weighted by atomic mass is 9.99. The van der Waals surface area contributed by atoms with E-state index in [2.05, 4.69) is 14.8 Å². The van der Waals surface area contributed by atoms with E-state index in [1.165, 1.54) is 45.2 Å². The van der Waals surface area contributed by atoms with Crippen molar-refractivity contribution < 1.29 is 4.79 Å². The minimum Gasteiger partial charge on any atom is -0.370 e. The van der Waals surface area contributed by atoms with E-state index in [4.69, 9.17) is 5.73 Å². The molecule has 0 saturated carbocycles. The van der Waals surface area contributed by atoms with Gasteiger partial charge in [0.2, 0.25) is 0 Å². The average Bonchev–Trinajstić information content (AvgIpc) is 2.56. The van der Waals surface area contributed by atoms with Gasteiger partial charge in [0, 0.05) is 19.1 Å². The third kappa shape index (κ3) is 3.35. The molecule has 3 rings (SSSR count). The van der Waals surface area contributed by atoms with E-state index in [9.17, 15) is 4.79 Å². The second-order valence-corrected chi connectivity index (χ2v) is 6.08. The molecule has 0 radical (unpaired) electrons. The van der Waals surface area contributed by atoms with Crippen LogP contribution in [0.25, 0.3) is 0 Å². The molecular formula is C16H24N4O. The Bertz CT molecular complexity index is 474. The molecule has 5 heteroatoms. The number of piperidine rings is 2. The van der Waals surface area contributed by atoms with Gasteiger partial charge in [-0.15, -0.1) is 0 Å². The molecule has 0 aromatic carbocycles. The first-order valence-corrected chi connectivity index (χ1v) is 7.99. The van der Waals surface area contributed by atoms with Crippen LogP contribution in [0, 0.1) is 0 Å². The lowest BCUT2D eigenvalue weighted by Gasteiger charge is -2.40. The molecule has 0 aliphatic carbocycles. The number of amides is 1. The molecule has 0 unspecified atom stereocenters. The van der Waals surface area contributed by atoms with Crippen LogP contribution in [0.4, 0.5) is 5.69 Å². The van der Waals surface area contributed by atoms with E-state index >= 15 is 0 Å². The highest BCUT2D eigenvalue weighted by Gasteiger charge is 2.25. The van der Waals surface area contributed by atoms with Crippen molar-refractivity contribution in [1.29, 1.82) is 0 Å². The number of likely N-dealkylation sites (tertiary alicyclic amines) is 1. The predicted octanol–water partition coefficient (Wildman–Crippen LogP) is 1.64. The highest BCUT2D eigenvalue weighted by molar-refractivity contribution is 5.90. The first-order chi connectivity index (χ1) is 10.2. The van der Waals surface area contributed by atoms with Crippen molar-refractivity contribution in [3.8, 4) is 0 Å². The summed E-state index contributed by atoms with van der Waals surface area (Å²) in [5, 5.41) is 0. The van der Waals surface area contributed by atoms with Gasteiger partial charge in [0.05, 0.1) is 11.9 Å². The van der Waals surface area contributed by atoms with Crippen LogP contribution < -0.4 is 10.6 Å². The summed E-state index contributed by atoms with van der Waals surface area (Å²) in [5.41, 5.74) is 6.65. The smallest absolute Gasteiger partial charge is 0.267 e. The van der Waals surface area contributed by atoms with Crippen molar-refractivity contribution in [1.82, 2.24) is 9.88 Å². The van der Waals surface area contributed by atoms with E-state index < -0.39 is 5.91 Å². The summed E-state index contributed by atoms with van der Waals surface area (Å²) in [7, 11) is 0. The number of aromatic nitrogens is 1. The molecular weight excluding hydrogens is 264 g/mol. The number of carbonyl (C=O) groups excluding carboxylic acids is 1. The summed E-state index contributed by atoms with van der Waals surface area (Å²) >= 11 is 0. The van der Waals surface area contributed by atoms with Crippen LogP contribution in [-0.2, 0) is 0 Å². The number of carbonyl (C=O) groups is 1. The Morgan fingerprint density at radius 3 is 2.38 bits per heavy atom. The van der Waals surface area contributed by atoms with Crippen molar-refractivity contribution in [3.05, 3.63) is 24.0 Å². The van der Waals surface area contributed by atoms with E-state index in [0.29, 0.717) is 5.69 Å². The van der Waals surface area contributed by atoms with E-state index in [0.717, 1.165) is 24.8 Å². The summed E-state index contributed by atoms with van der Waals surface area (Å²) in [6.45, 7) is 4.69. The van der Waals surface area contributed by atoms with Gasteiger partial charge in [-0.1, -0.05) is 6.42 Å². The summed E-state index contributed by atoms with van der Waals surface area (Å²) in [5.74, 6) is -0.467. The standard InChI is InChI=1S/C16H24N4O/c17-16(21)15-5-4-14(12-18-15)20-10-6-13(7-11-20)19-8-2-1-3-9-19/h4-5,12-13H,1-3,6-11H2,(H2,17,21). The molecule has 2 saturated heterocycles. The molecule has 1 aromatic rings. The largest absolute Gasteiger partial charge is 0.370 e. The first kappa shape index (κ1) is 14.3. The van der Waals surface area contributed by atoms with Gasteiger partial charge in [-0.3, -0.25) is 4.79 Å². The minimum absolute atomic E-state index is 0.335. The third-order valence-corrected chi connectivity index (χ3v) is 4.74. The number of hydrogen-bond acceptors (Lipinski definition) is 4. The van der Waals surface area contributed by atoms with Gasteiger partial charge in [0.15, 0.2) is 0 Å². The SMILES string of the molecule is NC(=O)c1ccc(N2CCC(N3CCCCC3)CC2)cn1. The maximum absolute atomic E-state index is 11.0. The molecule has 2 aliphatic heterocycles. The van der Waals surface area contributed by atoms with E-state index in [1.807, 2.05) is 6.07 Å². The number of hydrogen-bond donors (Lipinski definition) is 1. The number of primary amides is 1. The van der Waals surface area contributed by atoms with Crippen LogP contribution in [-0.4, -0.2) is 48.0 Å². The van der Waals surface area contributed by atoms with E-state index in [1.54, 1.807) is 12.3 Å². The Morgan fingerprint density at radius 1 is 1.10 bits per heavy atom. The first-order valence-electron chi connectivity index (χ1n) is 7.99. The molecule has 2 fully saturated rings. The monoisotopic (exact) mass is 288 g/mol. The fourth-order valence-corrected chi connectivity index (χ4v) is 3.49. The Hall–Kier alpha value is -1.62. The summed E-state index contributed by atoms with van der Waals surface area (Å²) < 4.78 is 0. The van der Waals surface area contributed by atoms with Gasteiger partial charge < -0.3 is 15.5 Å². The molecule has 3 heterocycles. The minimum atomic E-state index is -0.467. The van der Waals surface area contributed by atoms with Crippen molar-refractivity contribution >= 4 is 11.6 Å². The van der Waals surface area contributed by atoms with Gasteiger partial charge in [-0.2, -0.15) is 0 Å². The zero-order chi connectivity index (χ0) is 14.7. The van der Waals surface area contributed by atoms with Crippen LogP contribution in [0.3, 0.4) is 0 Å². The molecule has 21 heavy (non-hydrogen) atoms. The highest BCUT2D eigenvalue weighted by atomic mass is 16.1. The second-order valence-electron chi connectivity index (χ2n) is 6.08. The van der Waals surface area contributed by atoms with Crippen LogP contribution in [0.15, 0.2) is 18.3 Å². The van der Waals surface area contributed by atoms with Crippen LogP contribution in [0.2, 0.25) is 0 Å². The number of rotatable bonds is 3. The zero-order valence-electron chi connectivity index (χ0n) is 12.5. The Balaban J connectivity index is 1.56. The summed E-state index contributed by atoms with van der Waals surface area (Å²) in [6, 6.07) is 4.42. The highest BCUT2D eigenvalue weighted by Crippen LogP contribution is 2.24. The average molecular weight is 288 g/mol. The predicted molar refractivity (Wildman–Crippen MR) is 83.4 cm³/mol. The molecule has 0 atom stereocenters. The van der Waals surface area contributed by atoms with Crippen molar-refractivity contribution in [2.75, 3.05) is 31.1 Å². The van der Waals surface area contributed by atoms with Crippen LogP contribution >= 0.6 is 0 Å². The normalized spacial score (nSPS) is 21.4. The lowest BCUT2D eigenvalue weighted by molar-refractivity contribution is 0.0995. The fraction of sp³-hybridized carbons (Fsp3) is 0.625. The van der Waals surface area contributed by atoms with Crippen LogP contribution in [0.1, 0.15) is 42.6 Å². The molecule has 0 bridgehead atoms. The van der Waals surface area contributed by atoms with Gasteiger partial charge in [0.1, 0.15) is 5.69 Å². The van der Waals surface area contributed by atoms with Crippen molar-refractivity contribution in [3.63, 3.8) is 0 Å². The number of nitrogens with two attached hydrogens (primary N) is 1. The van der Waals surface area contributed by atoms with Gasteiger partial charge in [-0.25, -0.2) is 4.98 Å². The van der Waals surface area contributed by atoms with Crippen LogP contribution in [0.5, 0.6) is 0 Å². The molecule has 5 nitrogen and oxygen atoms in total. The summed E-state index contributed by atoms with van der Waals surface area (Å²) in [4.78, 5) is 20.2. The van der Waals surface area contributed by atoms with Gasteiger partial charge in [0.25, 0.3) is 5.91 Å². The third-order valence-electron chi connectivity index (χ3n) is 4.74. The van der Waals surface area contributed by atoms with Gasteiger partial charge in [-0.05, 0) is 50.9 Å². The maximum atomic E-state index is 11.0. The lowest BCUT2D eigenvalue weighted by Crippen LogP contribution is -2.46. The Labute approximate surface area is 126 Å². The number of nitrogens with zero attached hydrogens (tertiary/aromatic N) is 3. The van der Waals surface area contributed by atoms with E-state index in [-0.39, 0.29) is 0 Å². The maximum Gasteiger partial charge on any atom is 0.267 e. The summed E-state index contributed by atoms with van der Waals surface area (Å²) in [6.07, 6.45) is 8.32. The van der Waals surface area contributed by atoms with Crippen molar-refractivity contribution in [2.45, 2.75) is 38.1 Å². The molecule has 1 aromatic heterocycles. The topological polar surface area (TPSA) is 62.5 Å². The second kappa shape index (κ2) is 6.43. The molecule has 2 aliphatic rings. The number of anilines is 1. The Kier molecular flexibility index (Phi) is 4.39. The fourth-order valence-electron chi connectivity index (χ4n) is 3.49. The Morgan fingerprint density at radius 2 is 1.81 bits per heavy atom. The quantitative estimate of drug-likeness (QED) is 0.918. The molecule has 0 spiro atoms. The zero-order valence-corrected chi connectivity index (χ0v) is 12.5.